The maximum Gasteiger partial charge on any atom is 0.270 e. The number of allylic oxidation sites excluding steroid dienone is 1. The van der Waals surface area contributed by atoms with Crippen molar-refractivity contribution in [3.8, 4) is 0 Å². The number of nitro benzene ring substituents is 1. The van der Waals surface area contributed by atoms with Gasteiger partial charge in [-0.3, -0.25) is 14.9 Å². The number of ketones is 1. The molecule has 0 saturated carbocycles. The zero-order valence-corrected chi connectivity index (χ0v) is 11.9. The van der Waals surface area contributed by atoms with Gasteiger partial charge in [-0.15, -0.1) is 0 Å². The third-order valence-electron chi connectivity index (χ3n) is 3.16. The second-order valence-corrected chi connectivity index (χ2v) is 4.87. The summed E-state index contributed by atoms with van der Waals surface area (Å²) in [6.07, 6.45) is 3.03. The van der Waals surface area contributed by atoms with Crippen LogP contribution in [-0.2, 0) is 0 Å². The van der Waals surface area contributed by atoms with Crippen molar-refractivity contribution in [2.75, 3.05) is 0 Å². The standard InChI is InChI=1S/C17H15NO3/c1-12-6-8-16(13(2)10-12)17(19)9-7-14-4-3-5-15(11-14)18(20)21/h3-11H,1-2H3/b9-7+. The molecule has 0 N–H and O–H groups in total. The number of carbonyl (C=O) groups excluding carboxylic acids is 1. The van der Waals surface area contributed by atoms with Gasteiger partial charge in [0.05, 0.1) is 4.92 Å². The number of carbonyl (C=O) groups is 1. The third-order valence-corrected chi connectivity index (χ3v) is 3.16. The summed E-state index contributed by atoms with van der Waals surface area (Å²) in [5, 5.41) is 10.7. The highest BCUT2D eigenvalue weighted by Crippen LogP contribution is 2.16. The quantitative estimate of drug-likeness (QED) is 0.367. The van der Waals surface area contributed by atoms with Crippen molar-refractivity contribution >= 4 is 17.5 Å². The summed E-state index contributed by atoms with van der Waals surface area (Å²) in [5.41, 5.74) is 3.30. The summed E-state index contributed by atoms with van der Waals surface area (Å²) in [4.78, 5) is 22.4. The van der Waals surface area contributed by atoms with Gasteiger partial charge >= 0.3 is 0 Å². The predicted molar refractivity (Wildman–Crippen MR) is 82.4 cm³/mol. The fourth-order valence-electron chi connectivity index (χ4n) is 2.09. The topological polar surface area (TPSA) is 60.2 Å². The Morgan fingerprint density at radius 1 is 1.14 bits per heavy atom. The van der Waals surface area contributed by atoms with E-state index in [0.717, 1.165) is 11.1 Å². The number of rotatable bonds is 4. The van der Waals surface area contributed by atoms with Gasteiger partial charge in [-0.05, 0) is 31.1 Å². The van der Waals surface area contributed by atoms with Gasteiger partial charge in [0.2, 0.25) is 0 Å². The Hall–Kier alpha value is -2.75. The lowest BCUT2D eigenvalue weighted by Gasteiger charge is -2.02. The molecule has 2 aromatic rings. The number of nitro groups is 1. The van der Waals surface area contributed by atoms with Gasteiger partial charge in [0.15, 0.2) is 5.78 Å². The van der Waals surface area contributed by atoms with Gasteiger partial charge in [-0.1, -0.05) is 42.0 Å². The van der Waals surface area contributed by atoms with Gasteiger partial charge < -0.3 is 0 Å². The van der Waals surface area contributed by atoms with Crippen LogP contribution >= 0.6 is 0 Å². The Morgan fingerprint density at radius 2 is 1.90 bits per heavy atom. The average molecular weight is 281 g/mol. The minimum atomic E-state index is -0.455. The van der Waals surface area contributed by atoms with E-state index < -0.39 is 4.92 Å². The number of nitrogens with zero attached hydrogens (tertiary/aromatic N) is 1. The number of hydrogen-bond donors (Lipinski definition) is 0. The SMILES string of the molecule is Cc1ccc(C(=O)/C=C/c2cccc([N+](=O)[O-])c2)c(C)c1. The van der Waals surface area contributed by atoms with Crippen molar-refractivity contribution in [1.29, 1.82) is 0 Å². The van der Waals surface area contributed by atoms with Crippen molar-refractivity contribution in [3.63, 3.8) is 0 Å². The molecule has 4 nitrogen and oxygen atoms in total. The normalized spacial score (nSPS) is 10.8. The largest absolute Gasteiger partial charge is 0.289 e. The van der Waals surface area contributed by atoms with Crippen LogP contribution in [0.4, 0.5) is 5.69 Å². The molecule has 0 spiro atoms. The van der Waals surface area contributed by atoms with E-state index in [9.17, 15) is 14.9 Å². The van der Waals surface area contributed by atoms with E-state index in [1.807, 2.05) is 26.0 Å². The highest BCUT2D eigenvalue weighted by atomic mass is 16.6. The van der Waals surface area contributed by atoms with Crippen LogP contribution in [0.5, 0.6) is 0 Å². The van der Waals surface area contributed by atoms with Crippen LogP contribution in [0, 0.1) is 24.0 Å². The smallest absolute Gasteiger partial charge is 0.270 e. The van der Waals surface area contributed by atoms with E-state index >= 15 is 0 Å². The summed E-state index contributed by atoms with van der Waals surface area (Å²) < 4.78 is 0. The first-order valence-electron chi connectivity index (χ1n) is 6.51. The van der Waals surface area contributed by atoms with Crippen molar-refractivity contribution in [1.82, 2.24) is 0 Å². The molecule has 2 rings (SSSR count). The number of hydrogen-bond acceptors (Lipinski definition) is 3. The van der Waals surface area contributed by atoms with Gasteiger partial charge in [-0.25, -0.2) is 0 Å². The summed E-state index contributed by atoms with van der Waals surface area (Å²) >= 11 is 0. The van der Waals surface area contributed by atoms with Gasteiger partial charge in [0.25, 0.3) is 5.69 Å². The summed E-state index contributed by atoms with van der Waals surface area (Å²) in [6, 6.07) is 11.8. The van der Waals surface area contributed by atoms with Crippen molar-refractivity contribution in [2.24, 2.45) is 0 Å². The zero-order valence-electron chi connectivity index (χ0n) is 11.9. The van der Waals surface area contributed by atoms with Crippen molar-refractivity contribution in [2.45, 2.75) is 13.8 Å². The molecule has 106 valence electrons. The third kappa shape index (κ3) is 3.63. The number of aryl methyl sites for hydroxylation is 2. The Bertz CT molecular complexity index is 733. The van der Waals surface area contributed by atoms with Gasteiger partial charge in [0.1, 0.15) is 0 Å². The van der Waals surface area contributed by atoms with Crippen LogP contribution in [0.15, 0.2) is 48.5 Å². The highest BCUT2D eigenvalue weighted by molar-refractivity contribution is 6.07. The minimum Gasteiger partial charge on any atom is -0.289 e. The molecule has 0 aliphatic carbocycles. The monoisotopic (exact) mass is 281 g/mol. The van der Waals surface area contributed by atoms with Crippen LogP contribution in [0.25, 0.3) is 6.08 Å². The van der Waals surface area contributed by atoms with E-state index in [2.05, 4.69) is 0 Å². The molecule has 21 heavy (non-hydrogen) atoms. The molecular formula is C17H15NO3. The molecule has 0 aromatic heterocycles. The first-order valence-corrected chi connectivity index (χ1v) is 6.51. The molecule has 0 unspecified atom stereocenters. The van der Waals surface area contributed by atoms with Crippen LogP contribution in [0.3, 0.4) is 0 Å². The second kappa shape index (κ2) is 6.13. The summed E-state index contributed by atoms with van der Waals surface area (Å²) in [5.74, 6) is -0.112. The van der Waals surface area contributed by atoms with Gasteiger partial charge in [-0.2, -0.15) is 0 Å². The van der Waals surface area contributed by atoms with Crippen LogP contribution < -0.4 is 0 Å². The fourth-order valence-corrected chi connectivity index (χ4v) is 2.09. The molecule has 0 amide bonds. The molecule has 0 radical (unpaired) electrons. The Labute approximate surface area is 122 Å². The molecule has 0 bridgehead atoms. The molecule has 0 heterocycles. The van der Waals surface area contributed by atoms with Crippen LogP contribution in [-0.4, -0.2) is 10.7 Å². The molecule has 0 aliphatic rings. The lowest BCUT2D eigenvalue weighted by atomic mass is 10.0. The Balaban J connectivity index is 2.22. The minimum absolute atomic E-state index is 0.0103. The average Bonchev–Trinajstić information content (AvgIpc) is 2.45. The van der Waals surface area contributed by atoms with E-state index in [1.54, 1.807) is 24.3 Å². The van der Waals surface area contributed by atoms with E-state index in [-0.39, 0.29) is 11.5 Å². The van der Waals surface area contributed by atoms with Crippen LogP contribution in [0.1, 0.15) is 27.0 Å². The number of benzene rings is 2. The molecule has 0 atom stereocenters. The molecule has 0 saturated heterocycles. The van der Waals surface area contributed by atoms with Crippen molar-refractivity contribution < 1.29 is 9.72 Å². The van der Waals surface area contributed by atoms with E-state index in [1.165, 1.54) is 18.2 Å². The molecule has 0 fully saturated rings. The Morgan fingerprint density at radius 3 is 2.57 bits per heavy atom. The maximum atomic E-state index is 12.1. The van der Waals surface area contributed by atoms with E-state index in [4.69, 9.17) is 0 Å². The number of non-ortho nitro benzene ring substituents is 1. The van der Waals surface area contributed by atoms with E-state index in [0.29, 0.717) is 11.1 Å². The van der Waals surface area contributed by atoms with Crippen LogP contribution in [0.2, 0.25) is 0 Å². The fraction of sp³-hybridized carbons (Fsp3) is 0.118. The molecule has 2 aromatic carbocycles. The first kappa shape index (κ1) is 14.7. The second-order valence-electron chi connectivity index (χ2n) is 4.87. The summed E-state index contributed by atoms with van der Waals surface area (Å²) in [6.45, 7) is 3.86. The van der Waals surface area contributed by atoms with Crippen molar-refractivity contribution in [3.05, 3.63) is 80.9 Å². The first-order chi connectivity index (χ1) is 9.97. The maximum absolute atomic E-state index is 12.1. The molecule has 0 aliphatic heterocycles. The highest BCUT2D eigenvalue weighted by Gasteiger charge is 2.07. The zero-order chi connectivity index (χ0) is 15.4. The Kier molecular flexibility index (Phi) is 4.28. The molecule has 4 heteroatoms. The lowest BCUT2D eigenvalue weighted by molar-refractivity contribution is -0.384. The van der Waals surface area contributed by atoms with Gasteiger partial charge in [0, 0.05) is 17.7 Å². The predicted octanol–water partition coefficient (Wildman–Crippen LogP) is 4.11. The molecular weight excluding hydrogens is 266 g/mol. The lowest BCUT2D eigenvalue weighted by Crippen LogP contribution is -1.98. The summed E-state index contributed by atoms with van der Waals surface area (Å²) in [7, 11) is 0.